The van der Waals surface area contributed by atoms with Crippen molar-refractivity contribution in [2.75, 3.05) is 10.8 Å². The van der Waals surface area contributed by atoms with E-state index in [1.807, 2.05) is 67.6 Å². The van der Waals surface area contributed by atoms with E-state index >= 15 is 0 Å². The molecule has 0 unspecified atom stereocenters. The van der Waals surface area contributed by atoms with Crippen LogP contribution in [0.25, 0.3) is 0 Å². The summed E-state index contributed by atoms with van der Waals surface area (Å²) >= 11 is 3.40. The quantitative estimate of drug-likeness (QED) is 0.244. The molecule has 4 rings (SSSR count). The van der Waals surface area contributed by atoms with Crippen LogP contribution in [0.1, 0.15) is 16.7 Å². The van der Waals surface area contributed by atoms with E-state index in [4.69, 9.17) is 0 Å². The monoisotopic (exact) mass is 562 g/mol. The largest absolute Gasteiger partial charge is 0.332 e. The lowest BCUT2D eigenvalue weighted by molar-refractivity contribution is -0.130. The summed E-state index contributed by atoms with van der Waals surface area (Å²) in [6, 6.07) is 33.0. The maximum atomic E-state index is 13.7. The Balaban J connectivity index is 1.69. The Labute approximate surface area is 221 Å². The van der Waals surface area contributed by atoms with Crippen LogP contribution in [0.5, 0.6) is 0 Å². The highest BCUT2D eigenvalue weighted by atomic mass is 79.9. The Kier molecular flexibility index (Phi) is 8.23. The van der Waals surface area contributed by atoms with Crippen molar-refractivity contribution in [1.29, 1.82) is 0 Å². The SMILES string of the molecule is Cc1ccc(S(=O)(=O)N(CC(=O)N(Cc2ccccc2)Cc2ccccc2)c2ccc(Br)cc2)cc1. The first-order chi connectivity index (χ1) is 17.3. The molecule has 0 aliphatic heterocycles. The lowest BCUT2D eigenvalue weighted by Gasteiger charge is -2.29. The highest BCUT2D eigenvalue weighted by Gasteiger charge is 2.29. The zero-order valence-corrected chi connectivity index (χ0v) is 22.3. The van der Waals surface area contributed by atoms with E-state index in [0.717, 1.165) is 21.2 Å². The Morgan fingerprint density at radius 2 is 1.22 bits per heavy atom. The molecule has 0 saturated heterocycles. The molecule has 5 nitrogen and oxygen atoms in total. The van der Waals surface area contributed by atoms with Crippen LogP contribution in [-0.4, -0.2) is 25.8 Å². The zero-order valence-electron chi connectivity index (χ0n) is 19.9. The predicted molar refractivity (Wildman–Crippen MR) is 147 cm³/mol. The summed E-state index contributed by atoms with van der Waals surface area (Å²) in [7, 11) is -3.99. The average Bonchev–Trinajstić information content (AvgIpc) is 2.89. The first-order valence-electron chi connectivity index (χ1n) is 11.5. The van der Waals surface area contributed by atoms with Gasteiger partial charge in [0.1, 0.15) is 6.54 Å². The van der Waals surface area contributed by atoms with E-state index in [1.54, 1.807) is 53.4 Å². The summed E-state index contributed by atoms with van der Waals surface area (Å²) in [5.41, 5.74) is 3.32. The number of nitrogens with zero attached hydrogens (tertiary/aromatic N) is 2. The minimum absolute atomic E-state index is 0.140. The lowest BCUT2D eigenvalue weighted by atomic mass is 10.1. The molecule has 0 aromatic heterocycles. The van der Waals surface area contributed by atoms with Gasteiger partial charge in [-0.1, -0.05) is 94.3 Å². The van der Waals surface area contributed by atoms with Crippen LogP contribution in [-0.2, 0) is 27.9 Å². The molecule has 0 N–H and O–H groups in total. The van der Waals surface area contributed by atoms with Crippen molar-refractivity contribution in [3.05, 3.63) is 130 Å². The third-order valence-electron chi connectivity index (χ3n) is 5.79. The van der Waals surface area contributed by atoms with Gasteiger partial charge in [0.15, 0.2) is 0 Å². The molecule has 0 aliphatic carbocycles. The van der Waals surface area contributed by atoms with Gasteiger partial charge in [-0.25, -0.2) is 8.42 Å². The van der Waals surface area contributed by atoms with E-state index in [1.165, 1.54) is 4.31 Å². The molecule has 0 bridgehead atoms. The normalized spacial score (nSPS) is 11.2. The third-order valence-corrected chi connectivity index (χ3v) is 8.10. The van der Waals surface area contributed by atoms with Crippen LogP contribution in [0.4, 0.5) is 5.69 Å². The maximum Gasteiger partial charge on any atom is 0.264 e. The molecule has 1 amide bonds. The van der Waals surface area contributed by atoms with E-state index in [-0.39, 0.29) is 17.3 Å². The van der Waals surface area contributed by atoms with Gasteiger partial charge in [-0.3, -0.25) is 9.10 Å². The van der Waals surface area contributed by atoms with Gasteiger partial charge in [-0.05, 0) is 54.4 Å². The number of amides is 1. The van der Waals surface area contributed by atoms with Crippen LogP contribution in [0, 0.1) is 6.92 Å². The van der Waals surface area contributed by atoms with E-state index in [9.17, 15) is 13.2 Å². The summed E-state index contributed by atoms with van der Waals surface area (Å²) in [5, 5.41) is 0. The van der Waals surface area contributed by atoms with Crippen molar-refractivity contribution in [3.8, 4) is 0 Å². The second kappa shape index (κ2) is 11.5. The van der Waals surface area contributed by atoms with Gasteiger partial charge in [0, 0.05) is 17.6 Å². The highest BCUT2D eigenvalue weighted by molar-refractivity contribution is 9.10. The smallest absolute Gasteiger partial charge is 0.264 e. The predicted octanol–water partition coefficient (Wildman–Crippen LogP) is 6.18. The van der Waals surface area contributed by atoms with E-state index in [2.05, 4.69) is 15.9 Å². The molecule has 0 aliphatic rings. The molecular weight excluding hydrogens is 536 g/mol. The first-order valence-corrected chi connectivity index (χ1v) is 13.8. The van der Waals surface area contributed by atoms with Gasteiger partial charge in [-0.15, -0.1) is 0 Å². The molecular formula is C29H27BrN2O3S. The minimum atomic E-state index is -3.99. The Morgan fingerprint density at radius 1 is 0.722 bits per heavy atom. The summed E-state index contributed by atoms with van der Waals surface area (Å²) in [4.78, 5) is 15.6. The number of hydrogen-bond donors (Lipinski definition) is 0. The van der Waals surface area contributed by atoms with Crippen molar-refractivity contribution < 1.29 is 13.2 Å². The molecule has 7 heteroatoms. The number of carbonyl (C=O) groups excluding carboxylic acids is 1. The van der Waals surface area contributed by atoms with E-state index < -0.39 is 10.0 Å². The number of halogens is 1. The number of benzene rings is 4. The van der Waals surface area contributed by atoms with Gasteiger partial charge >= 0.3 is 0 Å². The van der Waals surface area contributed by atoms with Crippen LogP contribution in [0.2, 0.25) is 0 Å². The molecule has 0 fully saturated rings. The van der Waals surface area contributed by atoms with Crippen LogP contribution >= 0.6 is 15.9 Å². The van der Waals surface area contributed by atoms with Crippen molar-refractivity contribution in [1.82, 2.24) is 4.90 Å². The summed E-state index contributed by atoms with van der Waals surface area (Å²) < 4.78 is 29.5. The third kappa shape index (κ3) is 6.42. The number of carbonyl (C=O) groups is 1. The van der Waals surface area contributed by atoms with E-state index in [0.29, 0.717) is 18.8 Å². The van der Waals surface area contributed by atoms with Crippen LogP contribution in [0.15, 0.2) is 119 Å². The van der Waals surface area contributed by atoms with Gasteiger partial charge < -0.3 is 4.90 Å². The number of sulfonamides is 1. The molecule has 0 radical (unpaired) electrons. The number of hydrogen-bond acceptors (Lipinski definition) is 3. The summed E-state index contributed by atoms with van der Waals surface area (Å²) in [6.07, 6.45) is 0. The standard InChI is InChI=1S/C29H27BrN2O3S/c1-23-12-18-28(19-13-23)36(34,35)32(27-16-14-26(30)15-17-27)22-29(33)31(20-24-8-4-2-5-9-24)21-25-10-6-3-7-11-25/h2-19H,20-22H2,1H3. The number of aryl methyl sites for hydroxylation is 1. The maximum absolute atomic E-state index is 13.7. The van der Waals surface area contributed by atoms with Gasteiger partial charge in [0.2, 0.25) is 5.91 Å². The van der Waals surface area contributed by atoms with Gasteiger partial charge in [0.25, 0.3) is 10.0 Å². The fourth-order valence-electron chi connectivity index (χ4n) is 3.82. The van der Waals surface area contributed by atoms with Crippen molar-refractivity contribution in [3.63, 3.8) is 0 Å². The second-order valence-electron chi connectivity index (χ2n) is 8.52. The molecule has 36 heavy (non-hydrogen) atoms. The number of anilines is 1. The molecule has 4 aromatic carbocycles. The van der Waals surface area contributed by atoms with Crippen molar-refractivity contribution in [2.24, 2.45) is 0 Å². The molecule has 4 aromatic rings. The van der Waals surface area contributed by atoms with Gasteiger partial charge in [-0.2, -0.15) is 0 Å². The lowest BCUT2D eigenvalue weighted by Crippen LogP contribution is -2.42. The fourth-order valence-corrected chi connectivity index (χ4v) is 5.50. The summed E-state index contributed by atoms with van der Waals surface area (Å²) in [5.74, 6) is -0.290. The minimum Gasteiger partial charge on any atom is -0.332 e. The zero-order chi connectivity index (χ0) is 25.5. The van der Waals surface area contributed by atoms with Crippen LogP contribution in [0.3, 0.4) is 0 Å². The van der Waals surface area contributed by atoms with Crippen molar-refractivity contribution >= 4 is 37.5 Å². The molecule has 0 atom stereocenters. The second-order valence-corrected chi connectivity index (χ2v) is 11.3. The molecule has 184 valence electrons. The first kappa shape index (κ1) is 25.7. The number of rotatable bonds is 9. The van der Waals surface area contributed by atoms with Crippen LogP contribution < -0.4 is 4.31 Å². The molecule has 0 spiro atoms. The topological polar surface area (TPSA) is 57.7 Å². The Morgan fingerprint density at radius 3 is 1.72 bits per heavy atom. The fraction of sp³-hybridized carbons (Fsp3) is 0.138. The van der Waals surface area contributed by atoms with Gasteiger partial charge in [0.05, 0.1) is 10.6 Å². The average molecular weight is 564 g/mol. The molecule has 0 saturated carbocycles. The Hall–Kier alpha value is -3.42. The van der Waals surface area contributed by atoms with Crippen molar-refractivity contribution in [2.45, 2.75) is 24.9 Å². The Bertz CT molecular complexity index is 1350. The highest BCUT2D eigenvalue weighted by Crippen LogP contribution is 2.26. The summed E-state index contributed by atoms with van der Waals surface area (Å²) in [6.45, 7) is 2.32. The molecule has 0 heterocycles.